The summed E-state index contributed by atoms with van der Waals surface area (Å²) in [4.78, 5) is 16.7. The van der Waals surface area contributed by atoms with Crippen LogP contribution in [-0.2, 0) is 6.54 Å². The van der Waals surface area contributed by atoms with Gasteiger partial charge in [0.1, 0.15) is 17.2 Å². The monoisotopic (exact) mass is 369 g/mol. The van der Waals surface area contributed by atoms with Crippen LogP contribution in [0.1, 0.15) is 16.2 Å². The number of halogens is 2. The smallest absolute Gasteiger partial charge is 0.287 e. The van der Waals surface area contributed by atoms with Gasteiger partial charge in [-0.1, -0.05) is 23.7 Å². The molecule has 1 N–H and O–H groups in total. The largest absolute Gasteiger partial charge is 0.451 e. The quantitative estimate of drug-likeness (QED) is 0.583. The third-order valence-electron chi connectivity index (χ3n) is 3.86. The van der Waals surface area contributed by atoms with Gasteiger partial charge in [0, 0.05) is 12.4 Å². The van der Waals surface area contributed by atoms with Gasteiger partial charge in [0.15, 0.2) is 5.76 Å². The highest BCUT2D eigenvalue weighted by atomic mass is 35.5. The van der Waals surface area contributed by atoms with Crippen molar-refractivity contribution in [1.82, 2.24) is 14.7 Å². The van der Waals surface area contributed by atoms with E-state index in [-0.39, 0.29) is 12.3 Å². The molecule has 0 saturated heterocycles. The Bertz CT molecular complexity index is 1100. The molecule has 4 rings (SSSR count). The van der Waals surface area contributed by atoms with Crippen LogP contribution in [0.15, 0.2) is 65.3 Å². The lowest BCUT2D eigenvalue weighted by atomic mass is 10.1. The Kier molecular flexibility index (Phi) is 4.18. The van der Waals surface area contributed by atoms with Crippen LogP contribution < -0.4 is 5.32 Å². The van der Waals surface area contributed by atoms with Crippen molar-refractivity contribution >= 4 is 23.2 Å². The summed E-state index contributed by atoms with van der Waals surface area (Å²) < 4.78 is 21.1. The maximum absolute atomic E-state index is 13.8. The Labute approximate surface area is 153 Å². The number of carbonyl (C=O) groups excluding carboxylic acids is 1. The Balaban J connectivity index is 1.47. The van der Waals surface area contributed by atoms with E-state index in [1.807, 2.05) is 0 Å². The molecule has 0 aliphatic heterocycles. The molecule has 0 bridgehead atoms. The minimum atomic E-state index is -0.405. The van der Waals surface area contributed by atoms with E-state index in [2.05, 4.69) is 10.3 Å². The molecule has 0 atom stereocenters. The highest BCUT2D eigenvalue weighted by Crippen LogP contribution is 2.24. The van der Waals surface area contributed by atoms with Gasteiger partial charge in [-0.25, -0.2) is 9.37 Å². The first kappa shape index (κ1) is 16.4. The molecule has 1 aromatic carbocycles. The lowest BCUT2D eigenvalue weighted by Gasteiger charge is -2.01. The first-order valence-electron chi connectivity index (χ1n) is 7.86. The topological polar surface area (TPSA) is 59.5 Å². The molecule has 0 spiro atoms. The molecule has 130 valence electrons. The van der Waals surface area contributed by atoms with Gasteiger partial charge in [0.2, 0.25) is 0 Å². The number of rotatable bonds is 4. The second-order valence-electron chi connectivity index (χ2n) is 5.67. The zero-order valence-corrected chi connectivity index (χ0v) is 14.2. The maximum atomic E-state index is 13.8. The number of imidazole rings is 1. The predicted molar refractivity (Wildman–Crippen MR) is 95.5 cm³/mol. The minimum Gasteiger partial charge on any atom is -0.451 e. The van der Waals surface area contributed by atoms with Gasteiger partial charge < -0.3 is 14.1 Å². The number of fused-ring (bicyclic) bond motifs is 1. The fourth-order valence-corrected chi connectivity index (χ4v) is 2.79. The van der Waals surface area contributed by atoms with Crippen LogP contribution in [0.4, 0.5) is 4.39 Å². The Morgan fingerprint density at radius 2 is 2.00 bits per heavy atom. The van der Waals surface area contributed by atoms with Crippen LogP contribution in [0.25, 0.3) is 17.0 Å². The molecule has 5 nitrogen and oxygen atoms in total. The molecular formula is C19H13ClFN3O2. The van der Waals surface area contributed by atoms with Crippen LogP contribution in [0.5, 0.6) is 0 Å². The van der Waals surface area contributed by atoms with Crippen molar-refractivity contribution in [2.75, 3.05) is 0 Å². The number of hydrogen-bond acceptors (Lipinski definition) is 3. The Morgan fingerprint density at radius 3 is 2.85 bits per heavy atom. The standard InChI is InChI=1S/C19H13ClFN3O2/c20-12-5-8-18-23-13(11-24(18)10-12)9-22-19(25)17-7-6-16(26-17)14-3-1-2-4-15(14)21/h1-8,10-11H,9H2,(H,22,25). The van der Waals surface area contributed by atoms with Crippen LogP contribution in [-0.4, -0.2) is 15.3 Å². The summed E-state index contributed by atoms with van der Waals surface area (Å²) in [5, 5.41) is 3.33. The first-order chi connectivity index (χ1) is 12.6. The Morgan fingerprint density at radius 1 is 1.15 bits per heavy atom. The van der Waals surface area contributed by atoms with E-state index in [1.54, 1.807) is 53.2 Å². The molecule has 0 aliphatic carbocycles. The van der Waals surface area contributed by atoms with Crippen LogP contribution in [0.2, 0.25) is 5.02 Å². The van der Waals surface area contributed by atoms with Crippen molar-refractivity contribution < 1.29 is 13.6 Å². The van der Waals surface area contributed by atoms with Crippen molar-refractivity contribution in [3.05, 3.63) is 83.2 Å². The molecule has 7 heteroatoms. The summed E-state index contributed by atoms with van der Waals surface area (Å²) in [6, 6.07) is 12.9. The second kappa shape index (κ2) is 6.65. The summed E-state index contributed by atoms with van der Waals surface area (Å²) in [7, 11) is 0. The molecule has 4 aromatic rings. The van der Waals surface area contributed by atoms with E-state index in [0.29, 0.717) is 22.0 Å². The average Bonchev–Trinajstić information content (AvgIpc) is 3.26. The van der Waals surface area contributed by atoms with Crippen molar-refractivity contribution in [3.8, 4) is 11.3 Å². The summed E-state index contributed by atoms with van der Waals surface area (Å²) in [5.74, 6) is -0.398. The number of aromatic nitrogens is 2. The van der Waals surface area contributed by atoms with Gasteiger partial charge in [0.25, 0.3) is 5.91 Å². The summed E-state index contributed by atoms with van der Waals surface area (Å²) >= 11 is 5.94. The van der Waals surface area contributed by atoms with Gasteiger partial charge in [-0.05, 0) is 36.4 Å². The van der Waals surface area contributed by atoms with E-state index in [9.17, 15) is 9.18 Å². The maximum Gasteiger partial charge on any atom is 0.287 e. The summed E-state index contributed by atoms with van der Waals surface area (Å²) in [5.41, 5.74) is 1.73. The Hall–Kier alpha value is -3.12. The van der Waals surface area contributed by atoms with E-state index in [0.717, 1.165) is 5.65 Å². The normalized spacial score (nSPS) is 11.0. The zero-order chi connectivity index (χ0) is 18.1. The SMILES string of the molecule is O=C(NCc1cn2cc(Cl)ccc2n1)c1ccc(-c2ccccc2F)o1. The van der Waals surface area contributed by atoms with Crippen molar-refractivity contribution in [3.63, 3.8) is 0 Å². The molecule has 3 heterocycles. The number of nitrogens with zero attached hydrogens (tertiary/aromatic N) is 2. The van der Waals surface area contributed by atoms with Crippen molar-refractivity contribution in [2.45, 2.75) is 6.54 Å². The van der Waals surface area contributed by atoms with Crippen molar-refractivity contribution in [2.24, 2.45) is 0 Å². The molecule has 0 unspecified atom stereocenters. The number of nitrogens with one attached hydrogen (secondary N) is 1. The highest BCUT2D eigenvalue weighted by Gasteiger charge is 2.14. The van der Waals surface area contributed by atoms with Gasteiger partial charge in [-0.3, -0.25) is 4.79 Å². The van der Waals surface area contributed by atoms with Crippen LogP contribution >= 0.6 is 11.6 Å². The second-order valence-corrected chi connectivity index (χ2v) is 6.11. The molecule has 0 saturated carbocycles. The molecule has 0 aliphatic rings. The number of carbonyl (C=O) groups is 1. The molecular weight excluding hydrogens is 357 g/mol. The van der Waals surface area contributed by atoms with E-state index in [4.69, 9.17) is 16.0 Å². The van der Waals surface area contributed by atoms with E-state index in [1.165, 1.54) is 12.1 Å². The number of furan rings is 1. The highest BCUT2D eigenvalue weighted by molar-refractivity contribution is 6.30. The summed E-state index contributed by atoms with van der Waals surface area (Å²) in [6.07, 6.45) is 3.52. The molecule has 26 heavy (non-hydrogen) atoms. The van der Waals surface area contributed by atoms with E-state index >= 15 is 0 Å². The van der Waals surface area contributed by atoms with Gasteiger partial charge >= 0.3 is 0 Å². The van der Waals surface area contributed by atoms with Crippen LogP contribution in [0.3, 0.4) is 0 Å². The van der Waals surface area contributed by atoms with Gasteiger partial charge in [-0.2, -0.15) is 0 Å². The van der Waals surface area contributed by atoms with Crippen LogP contribution in [0, 0.1) is 5.82 Å². The van der Waals surface area contributed by atoms with E-state index < -0.39 is 11.7 Å². The molecule has 0 radical (unpaired) electrons. The third kappa shape index (κ3) is 3.19. The molecule has 0 fully saturated rings. The predicted octanol–water partition coefficient (Wildman–Crippen LogP) is 4.32. The minimum absolute atomic E-state index is 0.107. The van der Waals surface area contributed by atoms with Gasteiger partial charge in [0.05, 0.1) is 22.8 Å². The molecule has 1 amide bonds. The lowest BCUT2D eigenvalue weighted by Crippen LogP contribution is -2.22. The lowest BCUT2D eigenvalue weighted by molar-refractivity contribution is 0.0923. The summed E-state index contributed by atoms with van der Waals surface area (Å²) in [6.45, 7) is 0.230. The number of benzene rings is 1. The molecule has 3 aromatic heterocycles. The fourth-order valence-electron chi connectivity index (χ4n) is 2.63. The zero-order valence-electron chi connectivity index (χ0n) is 13.4. The fraction of sp³-hybridized carbons (Fsp3) is 0.0526. The van der Waals surface area contributed by atoms with Gasteiger partial charge in [-0.15, -0.1) is 0 Å². The van der Waals surface area contributed by atoms with Crippen molar-refractivity contribution in [1.29, 1.82) is 0 Å². The average molecular weight is 370 g/mol. The number of pyridine rings is 1. The first-order valence-corrected chi connectivity index (χ1v) is 8.24. The number of amides is 1. The number of hydrogen-bond donors (Lipinski definition) is 1. The third-order valence-corrected chi connectivity index (χ3v) is 4.09.